The van der Waals surface area contributed by atoms with Crippen LogP contribution in [0.5, 0.6) is 0 Å². The maximum absolute atomic E-state index is 14.1. The van der Waals surface area contributed by atoms with Gasteiger partial charge in [0.05, 0.1) is 5.69 Å². The van der Waals surface area contributed by atoms with E-state index in [4.69, 9.17) is 0 Å². The molecule has 0 aliphatic heterocycles. The van der Waals surface area contributed by atoms with E-state index >= 15 is 0 Å². The Bertz CT molecular complexity index is 1050. The van der Waals surface area contributed by atoms with E-state index in [0.717, 1.165) is 0 Å². The van der Waals surface area contributed by atoms with E-state index in [2.05, 4.69) is 15.1 Å². The number of urea groups is 1. The van der Waals surface area contributed by atoms with Crippen molar-refractivity contribution in [2.45, 2.75) is 71.0 Å². The Labute approximate surface area is 218 Å². The van der Waals surface area contributed by atoms with Crippen LogP contribution >= 0.6 is 0 Å². The number of carbonyl (C=O) groups excluding carboxylic acids is 1. The van der Waals surface area contributed by atoms with E-state index in [9.17, 15) is 17.6 Å². The van der Waals surface area contributed by atoms with Crippen LogP contribution in [0.4, 0.5) is 14.9 Å². The van der Waals surface area contributed by atoms with Crippen molar-refractivity contribution in [3.8, 4) is 0 Å². The number of aryl methyl sites for hydroxylation is 1. The van der Waals surface area contributed by atoms with Gasteiger partial charge in [0.15, 0.2) is 11.1 Å². The molecule has 11 heteroatoms. The third-order valence-electron chi connectivity index (χ3n) is 5.35. The number of amides is 2. The molecule has 1 aromatic carbocycles. The van der Waals surface area contributed by atoms with E-state index in [1.165, 1.54) is 22.9 Å². The van der Waals surface area contributed by atoms with Crippen molar-refractivity contribution in [1.82, 2.24) is 14.7 Å². The minimum Gasteiger partial charge on any atom is -0.423 e. The van der Waals surface area contributed by atoms with Gasteiger partial charge in [-0.05, 0) is 67.7 Å². The summed E-state index contributed by atoms with van der Waals surface area (Å²) in [7, 11) is -0.758. The number of sulfonamides is 1. The van der Waals surface area contributed by atoms with Crippen LogP contribution in [0, 0.1) is 5.82 Å². The molecule has 2 rings (SSSR count). The van der Waals surface area contributed by atoms with Crippen molar-refractivity contribution in [2.24, 2.45) is 7.05 Å². The second-order valence-corrected chi connectivity index (χ2v) is 10.4. The van der Waals surface area contributed by atoms with Crippen LogP contribution in [-0.2, 0) is 23.6 Å². The Morgan fingerprint density at radius 2 is 1.64 bits per heavy atom. The minimum atomic E-state index is -4.32. The maximum Gasteiger partial charge on any atom is 1.00 e. The predicted octanol–water partition coefficient (Wildman–Crippen LogP) is 1.94. The molecule has 0 saturated heterocycles. The molecule has 0 atom stereocenters. The van der Waals surface area contributed by atoms with Gasteiger partial charge in [-0.2, -0.15) is 5.10 Å². The van der Waals surface area contributed by atoms with Crippen LogP contribution < -0.4 is 34.9 Å². The molecule has 1 heterocycles. The van der Waals surface area contributed by atoms with Crippen LogP contribution in [0.3, 0.4) is 0 Å². The first-order valence-electron chi connectivity index (χ1n) is 10.6. The summed E-state index contributed by atoms with van der Waals surface area (Å²) in [5.74, 6) is -0.592. The summed E-state index contributed by atoms with van der Waals surface area (Å²) in [6.45, 7) is 12.0. The third kappa shape index (κ3) is 7.51. The van der Waals surface area contributed by atoms with Gasteiger partial charge in [-0.3, -0.25) is 14.4 Å². The smallest absolute Gasteiger partial charge is 0.423 e. The molecule has 0 aliphatic rings. The fraction of sp³-hybridized carbons (Fsp3) is 0.545. The fourth-order valence-corrected chi connectivity index (χ4v) is 4.05. The molecule has 0 aliphatic carbocycles. The Kier molecular flexibility index (Phi) is 10.6. The number of aromatic nitrogens is 2. The molecule has 2 amide bonds. The second kappa shape index (κ2) is 11.8. The van der Waals surface area contributed by atoms with Gasteiger partial charge in [-0.1, -0.05) is 27.7 Å². The molecule has 0 saturated carbocycles. The average molecular weight is 490 g/mol. The van der Waals surface area contributed by atoms with Gasteiger partial charge < -0.3 is 10.0 Å². The molecule has 178 valence electrons. The standard InChI is InChI=1S/C22H34FN5O3S.Na/c1-13(2)18-9-16(23)10-19(14(3)4)21(18)24-22(29)26-32(30,31)20-11-17(28(8)25-20)12-27(7)15(5)6;/h9-11,13-15H,12H2,1-8H3,(H2,24,26,29);/q;+1/p-1. The molecule has 33 heavy (non-hydrogen) atoms. The molecule has 8 nitrogen and oxygen atoms in total. The molecule has 0 unspecified atom stereocenters. The number of nitrogens with one attached hydrogen (secondary N) is 1. The van der Waals surface area contributed by atoms with Gasteiger partial charge in [-0.25, -0.2) is 12.8 Å². The number of halogens is 1. The summed E-state index contributed by atoms with van der Waals surface area (Å²) in [5, 5.41) is 6.31. The van der Waals surface area contributed by atoms with Crippen LogP contribution in [-0.4, -0.2) is 42.2 Å². The van der Waals surface area contributed by atoms with Gasteiger partial charge in [0.25, 0.3) is 0 Å². The first-order valence-corrected chi connectivity index (χ1v) is 12.0. The Hall–Kier alpha value is -1.46. The summed E-state index contributed by atoms with van der Waals surface area (Å²) >= 11 is 0. The van der Waals surface area contributed by atoms with Gasteiger partial charge >= 0.3 is 29.6 Å². The number of hydrogen-bond acceptors (Lipinski definition) is 5. The Morgan fingerprint density at radius 3 is 2.09 bits per heavy atom. The molecular formula is C22H33FN5NaO3S. The predicted molar refractivity (Wildman–Crippen MR) is 124 cm³/mol. The molecule has 1 aromatic heterocycles. The van der Waals surface area contributed by atoms with E-state index in [1.807, 2.05) is 53.5 Å². The zero-order valence-electron chi connectivity index (χ0n) is 21.0. The normalized spacial score (nSPS) is 11.9. The summed E-state index contributed by atoms with van der Waals surface area (Å²) in [5.41, 5.74) is 2.22. The number of carbonyl (C=O) groups is 1. The molecule has 0 fully saturated rings. The Morgan fingerprint density at radius 1 is 1.12 bits per heavy atom. The monoisotopic (exact) mass is 489 g/mol. The van der Waals surface area contributed by atoms with Crippen LogP contribution in [0.2, 0.25) is 0 Å². The van der Waals surface area contributed by atoms with E-state index < -0.39 is 21.9 Å². The number of rotatable bonds is 8. The molecule has 0 bridgehead atoms. The van der Waals surface area contributed by atoms with E-state index in [-0.39, 0.29) is 52.5 Å². The van der Waals surface area contributed by atoms with Crippen LogP contribution in [0.1, 0.15) is 70.2 Å². The van der Waals surface area contributed by atoms with Crippen molar-refractivity contribution in [3.05, 3.63) is 45.6 Å². The topological polar surface area (TPSA) is 98.4 Å². The second-order valence-electron chi connectivity index (χ2n) is 8.87. The summed E-state index contributed by atoms with van der Waals surface area (Å²) in [4.78, 5) is 14.6. The molecule has 1 N–H and O–H groups in total. The van der Waals surface area contributed by atoms with Crippen molar-refractivity contribution >= 4 is 21.7 Å². The van der Waals surface area contributed by atoms with Gasteiger partial charge in [0, 0.05) is 19.6 Å². The van der Waals surface area contributed by atoms with Gasteiger partial charge in [0.2, 0.25) is 10.0 Å². The summed E-state index contributed by atoms with van der Waals surface area (Å²) in [6.07, 6.45) is 0. The summed E-state index contributed by atoms with van der Waals surface area (Å²) < 4.78 is 44.4. The maximum atomic E-state index is 14.1. The fourth-order valence-electron chi connectivity index (χ4n) is 3.18. The molecular weight excluding hydrogens is 456 g/mol. The number of benzene rings is 1. The van der Waals surface area contributed by atoms with Crippen LogP contribution in [0.15, 0.2) is 23.2 Å². The van der Waals surface area contributed by atoms with Crippen molar-refractivity contribution in [2.75, 3.05) is 12.4 Å². The average Bonchev–Trinajstić information content (AvgIpc) is 3.03. The molecule has 0 spiro atoms. The third-order valence-corrected chi connectivity index (χ3v) is 6.49. The Balaban J connectivity index is 0.00000544. The number of anilines is 1. The van der Waals surface area contributed by atoms with E-state index in [0.29, 0.717) is 29.1 Å². The SMILES string of the molecule is CC(C)c1cc(F)cc(C(C)C)c1NC(=O)[N-]S(=O)(=O)c1cc(CN(C)C(C)C)n(C)n1.[Na+]. The largest absolute Gasteiger partial charge is 1.00 e. The van der Waals surface area contributed by atoms with Gasteiger partial charge in [-0.15, -0.1) is 0 Å². The zero-order chi connectivity index (χ0) is 24.4. The first-order chi connectivity index (χ1) is 14.7. The van der Waals surface area contributed by atoms with Crippen molar-refractivity contribution in [1.29, 1.82) is 0 Å². The molecule has 0 radical (unpaired) electrons. The quantitative estimate of drug-likeness (QED) is 0.572. The zero-order valence-corrected chi connectivity index (χ0v) is 23.8. The van der Waals surface area contributed by atoms with E-state index in [1.54, 1.807) is 7.05 Å². The molecule has 2 aromatic rings. The van der Waals surface area contributed by atoms with Crippen molar-refractivity contribution in [3.63, 3.8) is 0 Å². The first kappa shape index (κ1) is 29.6. The minimum absolute atomic E-state index is 0. The number of hydrogen-bond donors (Lipinski definition) is 1. The van der Waals surface area contributed by atoms with Crippen molar-refractivity contribution < 1.29 is 47.2 Å². The van der Waals surface area contributed by atoms with Crippen LogP contribution in [0.25, 0.3) is 4.72 Å². The number of nitrogens with zero attached hydrogens (tertiary/aromatic N) is 4. The summed E-state index contributed by atoms with van der Waals surface area (Å²) in [6, 6.07) is 3.32. The van der Waals surface area contributed by atoms with Gasteiger partial charge in [0.1, 0.15) is 5.82 Å².